The lowest BCUT2D eigenvalue weighted by Crippen LogP contribution is -2.30. The maximum atomic E-state index is 12.9. The molecular formula is C75H124O6. The number of carbonyl (C=O) groups excluding carboxylic acids is 3. The highest BCUT2D eigenvalue weighted by Crippen LogP contribution is 2.16. The summed E-state index contributed by atoms with van der Waals surface area (Å²) in [4.78, 5) is 38.3. The summed E-state index contributed by atoms with van der Waals surface area (Å²) >= 11 is 0. The molecule has 0 N–H and O–H groups in total. The highest BCUT2D eigenvalue weighted by atomic mass is 16.6. The maximum Gasteiger partial charge on any atom is 0.306 e. The molecule has 0 aromatic rings. The van der Waals surface area contributed by atoms with Crippen LogP contribution in [0, 0.1) is 0 Å². The lowest BCUT2D eigenvalue weighted by Gasteiger charge is -2.18. The third-order valence-electron chi connectivity index (χ3n) is 14.1. The topological polar surface area (TPSA) is 78.9 Å². The largest absolute Gasteiger partial charge is 0.462 e. The Kier molecular flexibility index (Phi) is 64.3. The van der Waals surface area contributed by atoms with E-state index in [-0.39, 0.29) is 31.1 Å². The van der Waals surface area contributed by atoms with Gasteiger partial charge in [-0.3, -0.25) is 14.4 Å². The Balaban J connectivity index is 4.30. The van der Waals surface area contributed by atoms with Crippen molar-refractivity contribution in [1.82, 2.24) is 0 Å². The van der Waals surface area contributed by atoms with Crippen LogP contribution < -0.4 is 0 Å². The minimum Gasteiger partial charge on any atom is -0.462 e. The van der Waals surface area contributed by atoms with Crippen LogP contribution >= 0.6 is 0 Å². The summed E-state index contributed by atoms with van der Waals surface area (Å²) in [6, 6.07) is 0. The average Bonchev–Trinajstić information content (AvgIpc) is 3.47. The van der Waals surface area contributed by atoms with Crippen molar-refractivity contribution in [1.29, 1.82) is 0 Å². The van der Waals surface area contributed by atoms with E-state index in [0.717, 1.165) is 148 Å². The first-order chi connectivity index (χ1) is 40.0. The second-order valence-corrected chi connectivity index (χ2v) is 22.0. The molecule has 1 atom stereocenters. The van der Waals surface area contributed by atoms with Crippen LogP contribution in [0.3, 0.4) is 0 Å². The van der Waals surface area contributed by atoms with Gasteiger partial charge in [0.05, 0.1) is 0 Å². The molecule has 0 fully saturated rings. The van der Waals surface area contributed by atoms with Crippen LogP contribution in [0.1, 0.15) is 303 Å². The summed E-state index contributed by atoms with van der Waals surface area (Å²) in [6.45, 7) is 6.37. The van der Waals surface area contributed by atoms with E-state index in [1.807, 2.05) is 0 Å². The molecule has 0 aliphatic carbocycles. The van der Waals surface area contributed by atoms with E-state index in [0.29, 0.717) is 19.3 Å². The van der Waals surface area contributed by atoms with E-state index in [4.69, 9.17) is 14.2 Å². The van der Waals surface area contributed by atoms with Crippen LogP contribution in [0.25, 0.3) is 0 Å². The SMILES string of the molecule is CC/C=C\C/C=C\C/C=C\C/C=C\C/C=C\C/C=C\CCCCCCCCC(=O)OC(COC(=O)CCCCCCC/C=C\CCCC)COC(=O)CCCCCCCCCCCCCCCC/C=C\C/C=C\C/C=C\C/C=C\CC. The zero-order valence-corrected chi connectivity index (χ0v) is 52.8. The molecule has 0 saturated carbocycles. The molecule has 0 radical (unpaired) electrons. The number of rotatable bonds is 60. The van der Waals surface area contributed by atoms with Crippen LogP contribution in [0.15, 0.2) is 134 Å². The fourth-order valence-electron chi connectivity index (χ4n) is 9.13. The number of allylic oxidation sites excluding steroid dienone is 22. The van der Waals surface area contributed by atoms with Gasteiger partial charge in [0.1, 0.15) is 13.2 Å². The molecule has 0 aliphatic rings. The van der Waals surface area contributed by atoms with Gasteiger partial charge in [-0.15, -0.1) is 0 Å². The van der Waals surface area contributed by atoms with Gasteiger partial charge in [-0.25, -0.2) is 0 Å². The first-order valence-electron chi connectivity index (χ1n) is 33.7. The number of hydrogen-bond donors (Lipinski definition) is 0. The first kappa shape index (κ1) is 76.5. The van der Waals surface area contributed by atoms with Crippen LogP contribution in [-0.2, 0) is 28.6 Å². The van der Waals surface area contributed by atoms with Crippen molar-refractivity contribution >= 4 is 17.9 Å². The lowest BCUT2D eigenvalue weighted by molar-refractivity contribution is -0.167. The normalized spacial score (nSPS) is 13.0. The molecule has 1 unspecified atom stereocenters. The highest BCUT2D eigenvalue weighted by molar-refractivity contribution is 5.71. The summed E-state index contributed by atoms with van der Waals surface area (Å²) in [5.74, 6) is -0.910. The van der Waals surface area contributed by atoms with E-state index in [9.17, 15) is 14.4 Å². The minimum absolute atomic E-state index is 0.0891. The van der Waals surface area contributed by atoms with Gasteiger partial charge < -0.3 is 14.2 Å². The van der Waals surface area contributed by atoms with Crippen molar-refractivity contribution in [3.05, 3.63) is 134 Å². The third kappa shape index (κ3) is 66.2. The van der Waals surface area contributed by atoms with Gasteiger partial charge >= 0.3 is 17.9 Å². The van der Waals surface area contributed by atoms with Gasteiger partial charge in [0.2, 0.25) is 0 Å². The van der Waals surface area contributed by atoms with E-state index in [1.165, 1.54) is 116 Å². The number of unbranched alkanes of at least 4 members (excludes halogenated alkanes) is 27. The Morgan fingerprint density at radius 3 is 0.765 bits per heavy atom. The predicted octanol–water partition coefficient (Wildman–Crippen LogP) is 23.3. The fourth-order valence-corrected chi connectivity index (χ4v) is 9.13. The molecule has 0 amide bonds. The van der Waals surface area contributed by atoms with Crippen molar-refractivity contribution in [2.75, 3.05) is 13.2 Å². The molecule has 81 heavy (non-hydrogen) atoms. The van der Waals surface area contributed by atoms with Crippen molar-refractivity contribution in [3.8, 4) is 0 Å². The van der Waals surface area contributed by atoms with Crippen LogP contribution in [0.5, 0.6) is 0 Å². The molecule has 0 heterocycles. The van der Waals surface area contributed by atoms with Crippen LogP contribution in [0.4, 0.5) is 0 Å². The molecule has 0 aliphatic heterocycles. The van der Waals surface area contributed by atoms with Gasteiger partial charge in [-0.05, 0) is 128 Å². The van der Waals surface area contributed by atoms with Crippen molar-refractivity contribution < 1.29 is 28.6 Å². The lowest BCUT2D eigenvalue weighted by atomic mass is 10.0. The predicted molar refractivity (Wildman–Crippen MR) is 353 cm³/mol. The van der Waals surface area contributed by atoms with Gasteiger partial charge in [-0.1, -0.05) is 289 Å². The third-order valence-corrected chi connectivity index (χ3v) is 14.1. The summed E-state index contributed by atoms with van der Waals surface area (Å²) in [5, 5.41) is 0. The Bertz CT molecular complexity index is 1720. The minimum atomic E-state index is -0.795. The fraction of sp³-hybridized carbons (Fsp3) is 0.667. The van der Waals surface area contributed by atoms with Gasteiger partial charge in [-0.2, -0.15) is 0 Å². The first-order valence-corrected chi connectivity index (χ1v) is 33.7. The second-order valence-electron chi connectivity index (χ2n) is 22.0. The molecule has 6 heteroatoms. The van der Waals surface area contributed by atoms with E-state index < -0.39 is 6.10 Å². The summed E-state index contributed by atoms with van der Waals surface area (Å²) in [6.07, 6.45) is 96.1. The molecule has 0 aromatic carbocycles. The smallest absolute Gasteiger partial charge is 0.306 e. The molecule has 0 spiro atoms. The summed E-state index contributed by atoms with van der Waals surface area (Å²) in [5.41, 5.74) is 0. The van der Waals surface area contributed by atoms with E-state index in [2.05, 4.69) is 154 Å². The second kappa shape index (κ2) is 68.1. The zero-order chi connectivity index (χ0) is 58.5. The zero-order valence-electron chi connectivity index (χ0n) is 52.8. The molecular weight excluding hydrogens is 997 g/mol. The Hall–Kier alpha value is -4.45. The standard InChI is InChI=1S/C75H124O6/c1-4-7-10-13-16-19-22-24-26-28-30-32-34-36-37-39-40-42-44-46-48-50-53-56-59-62-65-68-74(77)80-71-72(70-79-73(76)67-64-61-58-55-52-21-18-15-12-9-6-3)81-75(78)69-66-63-60-57-54-51-49-47-45-43-41-38-35-33-31-29-27-25-23-20-17-14-11-8-5-2/h7-8,10-11,15-20,24-27,30-33,38,41,45,47,72H,4-6,9,12-14,21-23,28-29,34-37,39-40,42-44,46,48-71H2,1-3H3/b10-7-,11-8-,18-15-,19-16-,20-17-,26-24-,27-25-,32-30-,33-31-,41-38-,47-45-. The van der Waals surface area contributed by atoms with Crippen molar-refractivity contribution in [2.24, 2.45) is 0 Å². The Morgan fingerprint density at radius 2 is 0.481 bits per heavy atom. The quantitative estimate of drug-likeness (QED) is 0.0261. The van der Waals surface area contributed by atoms with Gasteiger partial charge in [0.15, 0.2) is 6.10 Å². The number of carbonyl (C=O) groups is 3. The van der Waals surface area contributed by atoms with E-state index >= 15 is 0 Å². The highest BCUT2D eigenvalue weighted by Gasteiger charge is 2.19. The average molecular weight is 1120 g/mol. The molecule has 0 rings (SSSR count). The number of ether oxygens (including phenoxy) is 3. The van der Waals surface area contributed by atoms with Crippen molar-refractivity contribution in [2.45, 2.75) is 309 Å². The molecule has 460 valence electrons. The maximum absolute atomic E-state index is 12.9. The van der Waals surface area contributed by atoms with E-state index in [1.54, 1.807) is 0 Å². The number of hydrogen-bond acceptors (Lipinski definition) is 6. The van der Waals surface area contributed by atoms with Gasteiger partial charge in [0.25, 0.3) is 0 Å². The molecule has 6 nitrogen and oxygen atoms in total. The summed E-state index contributed by atoms with van der Waals surface area (Å²) < 4.78 is 16.9. The Labute approximate surface area is 500 Å². The monoisotopic (exact) mass is 1120 g/mol. The Morgan fingerprint density at radius 1 is 0.259 bits per heavy atom. The summed E-state index contributed by atoms with van der Waals surface area (Å²) in [7, 11) is 0. The van der Waals surface area contributed by atoms with Crippen molar-refractivity contribution in [3.63, 3.8) is 0 Å². The van der Waals surface area contributed by atoms with Gasteiger partial charge in [0, 0.05) is 19.3 Å². The molecule has 0 aromatic heterocycles. The number of esters is 3. The molecule has 0 bridgehead atoms. The molecule has 0 saturated heterocycles. The van der Waals surface area contributed by atoms with Crippen LogP contribution in [-0.4, -0.2) is 37.2 Å². The van der Waals surface area contributed by atoms with Crippen LogP contribution in [0.2, 0.25) is 0 Å².